The van der Waals surface area contributed by atoms with Gasteiger partial charge in [-0.05, 0) is 54.6 Å². The van der Waals surface area contributed by atoms with Crippen molar-refractivity contribution < 1.29 is 5.11 Å². The Bertz CT molecular complexity index is 772. The highest BCUT2D eigenvalue weighted by Gasteiger charge is 2.23. The van der Waals surface area contributed by atoms with E-state index in [0.29, 0.717) is 6.04 Å². The molecule has 2 aliphatic heterocycles. The fraction of sp³-hybridized carbons (Fsp3) is 0.476. The summed E-state index contributed by atoms with van der Waals surface area (Å²) in [5.74, 6) is 1.01. The summed E-state index contributed by atoms with van der Waals surface area (Å²) >= 11 is 0. The molecule has 5 nitrogen and oxygen atoms in total. The number of hydrogen-bond acceptors (Lipinski definition) is 5. The summed E-state index contributed by atoms with van der Waals surface area (Å²) in [5, 5.41) is 14.6. The van der Waals surface area contributed by atoms with E-state index in [1.165, 1.54) is 22.7 Å². The summed E-state index contributed by atoms with van der Waals surface area (Å²) in [5.41, 5.74) is 3.62. The number of hydrogen-bond donors (Lipinski definition) is 2. The average molecular weight is 384 g/mol. The van der Waals surface area contributed by atoms with Crippen molar-refractivity contribution in [2.24, 2.45) is 0 Å². The van der Waals surface area contributed by atoms with Crippen molar-refractivity contribution in [2.75, 3.05) is 49.1 Å². The van der Waals surface area contributed by atoms with Crippen LogP contribution in [-0.4, -0.2) is 53.9 Å². The van der Waals surface area contributed by atoms with Gasteiger partial charge in [0.05, 0.1) is 6.10 Å². The van der Waals surface area contributed by atoms with Gasteiger partial charge in [-0.1, -0.05) is 20.7 Å². The largest absolute Gasteiger partial charge is 0.389 e. The molecule has 1 fully saturated rings. The van der Waals surface area contributed by atoms with Crippen LogP contribution >= 0.6 is 8.58 Å². The molecule has 3 heterocycles. The number of piperazine rings is 1. The highest BCUT2D eigenvalue weighted by molar-refractivity contribution is 7.47. The molecule has 0 bridgehead atoms. The number of benzene rings is 1. The molecule has 0 amide bonds. The Kier molecular flexibility index (Phi) is 5.63. The molecule has 0 spiro atoms. The minimum Gasteiger partial charge on any atom is -0.389 e. The van der Waals surface area contributed by atoms with E-state index in [0.717, 1.165) is 52.7 Å². The van der Waals surface area contributed by atoms with Crippen LogP contribution in [-0.2, 0) is 0 Å². The van der Waals surface area contributed by atoms with E-state index in [-0.39, 0.29) is 0 Å². The monoisotopic (exact) mass is 384 g/mol. The van der Waals surface area contributed by atoms with Gasteiger partial charge < -0.3 is 15.3 Å². The van der Waals surface area contributed by atoms with E-state index < -0.39 is 6.10 Å². The fourth-order valence-corrected chi connectivity index (χ4v) is 5.05. The van der Waals surface area contributed by atoms with Gasteiger partial charge in [0.25, 0.3) is 0 Å². The topological polar surface area (TPSA) is 51.6 Å². The predicted molar refractivity (Wildman–Crippen MR) is 115 cm³/mol. The molecule has 27 heavy (non-hydrogen) atoms. The lowest BCUT2D eigenvalue weighted by Crippen LogP contribution is -2.47. The molecule has 1 aromatic heterocycles. The average Bonchev–Trinajstić information content (AvgIpc) is 2.73. The van der Waals surface area contributed by atoms with Crippen LogP contribution in [0.25, 0.3) is 0 Å². The summed E-state index contributed by atoms with van der Waals surface area (Å²) in [7, 11) is 0.930. The number of nitrogens with one attached hydrogen (secondary N) is 1. The summed E-state index contributed by atoms with van der Waals surface area (Å²) in [6, 6.07) is 11.4. The highest BCUT2D eigenvalue weighted by atomic mass is 31.1. The highest BCUT2D eigenvalue weighted by Crippen LogP contribution is 2.28. The lowest BCUT2D eigenvalue weighted by molar-refractivity contribution is 0.197. The minimum absolute atomic E-state index is 0.440. The molecule has 3 unspecified atom stereocenters. The predicted octanol–water partition coefficient (Wildman–Crippen LogP) is 2.75. The van der Waals surface area contributed by atoms with Crippen LogP contribution in [0.3, 0.4) is 0 Å². The summed E-state index contributed by atoms with van der Waals surface area (Å²) in [4.78, 5) is 9.45. The van der Waals surface area contributed by atoms with Gasteiger partial charge in [-0.15, -0.1) is 0 Å². The van der Waals surface area contributed by atoms with Gasteiger partial charge >= 0.3 is 0 Å². The Hall–Kier alpha value is -1.68. The Labute approximate surface area is 163 Å². The van der Waals surface area contributed by atoms with Gasteiger partial charge in [0.2, 0.25) is 0 Å². The molecule has 1 saturated heterocycles. The zero-order chi connectivity index (χ0) is 18.8. The third kappa shape index (κ3) is 4.11. The van der Waals surface area contributed by atoms with Crippen molar-refractivity contribution in [3.63, 3.8) is 0 Å². The molecule has 0 aliphatic carbocycles. The minimum atomic E-state index is -0.461. The van der Waals surface area contributed by atoms with Crippen LogP contribution in [0.1, 0.15) is 37.1 Å². The lowest BCUT2D eigenvalue weighted by Gasteiger charge is -2.39. The quantitative estimate of drug-likeness (QED) is 0.794. The molecule has 1 aromatic carbocycles. The van der Waals surface area contributed by atoms with Crippen LogP contribution < -0.4 is 15.5 Å². The maximum absolute atomic E-state index is 9.64. The SMILES string of the molecule is CC(O)c1ccc(N2CCN(C(C)c3ccc4c(c3)PCCN4)CC2)nc1. The normalized spacial score (nSPS) is 20.8. The van der Waals surface area contributed by atoms with Gasteiger partial charge in [-0.2, -0.15) is 0 Å². The number of aromatic nitrogens is 1. The van der Waals surface area contributed by atoms with Crippen LogP contribution in [0.15, 0.2) is 36.5 Å². The Morgan fingerprint density at radius 2 is 1.85 bits per heavy atom. The summed E-state index contributed by atoms with van der Waals surface area (Å²) in [6.07, 6.45) is 2.58. The number of aliphatic hydroxyl groups excluding tert-OH is 1. The third-order valence-corrected chi connectivity index (χ3v) is 7.02. The van der Waals surface area contributed by atoms with E-state index >= 15 is 0 Å². The van der Waals surface area contributed by atoms with Crippen molar-refractivity contribution in [1.29, 1.82) is 0 Å². The second-order valence-corrected chi connectivity index (χ2v) is 8.88. The molecule has 0 radical (unpaired) electrons. The Balaban J connectivity index is 1.38. The zero-order valence-corrected chi connectivity index (χ0v) is 17.2. The number of nitrogens with zero attached hydrogens (tertiary/aromatic N) is 3. The molecule has 6 heteroatoms. The molecule has 3 atom stereocenters. The molecular formula is C21H29N4OP. The van der Waals surface area contributed by atoms with Crippen molar-refractivity contribution in [3.05, 3.63) is 47.7 Å². The fourth-order valence-electron chi connectivity index (χ4n) is 3.90. The van der Waals surface area contributed by atoms with Crippen LogP contribution in [0, 0.1) is 0 Å². The molecule has 2 aliphatic rings. The summed E-state index contributed by atoms with van der Waals surface area (Å²) < 4.78 is 0. The van der Waals surface area contributed by atoms with Gasteiger partial charge in [0.15, 0.2) is 0 Å². The van der Waals surface area contributed by atoms with Gasteiger partial charge in [0, 0.05) is 50.6 Å². The first-order valence-electron chi connectivity index (χ1n) is 9.86. The van der Waals surface area contributed by atoms with Crippen LogP contribution in [0.4, 0.5) is 11.5 Å². The third-order valence-electron chi connectivity index (χ3n) is 5.72. The molecule has 2 aromatic rings. The molecular weight excluding hydrogens is 355 g/mol. The maximum Gasteiger partial charge on any atom is 0.128 e. The second-order valence-electron chi connectivity index (χ2n) is 7.48. The molecule has 0 saturated carbocycles. The second kappa shape index (κ2) is 8.14. The molecule has 2 N–H and O–H groups in total. The van der Waals surface area contributed by atoms with E-state index in [4.69, 9.17) is 0 Å². The van der Waals surface area contributed by atoms with E-state index in [9.17, 15) is 5.11 Å². The molecule has 144 valence electrons. The van der Waals surface area contributed by atoms with Crippen molar-refractivity contribution in [3.8, 4) is 0 Å². The van der Waals surface area contributed by atoms with E-state index in [1.807, 2.05) is 12.1 Å². The van der Waals surface area contributed by atoms with Crippen molar-refractivity contribution >= 4 is 25.4 Å². The number of rotatable bonds is 4. The van der Waals surface area contributed by atoms with Crippen LogP contribution in [0.2, 0.25) is 0 Å². The number of fused-ring (bicyclic) bond motifs is 1. The molecule has 4 rings (SSSR count). The smallest absolute Gasteiger partial charge is 0.128 e. The standard InChI is InChI=1S/C21H29N4OP/c1-15(17-3-5-19-20(13-17)27-12-7-22-19)24-8-10-25(11-9-24)21-6-4-18(14-23-21)16(2)26/h3-6,13-16,22,26-27H,7-12H2,1-2H3. The Morgan fingerprint density at radius 1 is 1.07 bits per heavy atom. The Morgan fingerprint density at radius 3 is 2.56 bits per heavy atom. The van der Waals surface area contributed by atoms with Gasteiger partial charge in [-0.25, -0.2) is 4.98 Å². The number of anilines is 2. The number of aliphatic hydroxyl groups is 1. The van der Waals surface area contributed by atoms with Gasteiger partial charge in [0.1, 0.15) is 5.82 Å². The first-order chi connectivity index (χ1) is 13.1. The van der Waals surface area contributed by atoms with Crippen LogP contribution in [0.5, 0.6) is 0 Å². The van der Waals surface area contributed by atoms with E-state index in [1.54, 1.807) is 13.1 Å². The zero-order valence-electron chi connectivity index (χ0n) is 16.2. The van der Waals surface area contributed by atoms with Crippen molar-refractivity contribution in [1.82, 2.24) is 9.88 Å². The lowest BCUT2D eigenvalue weighted by atomic mass is 10.1. The van der Waals surface area contributed by atoms with E-state index in [2.05, 4.69) is 45.2 Å². The van der Waals surface area contributed by atoms with Gasteiger partial charge in [-0.3, -0.25) is 4.90 Å². The maximum atomic E-state index is 9.64. The first kappa shape index (κ1) is 18.7. The number of pyridine rings is 1. The van der Waals surface area contributed by atoms with Crippen molar-refractivity contribution in [2.45, 2.75) is 26.0 Å². The first-order valence-corrected chi connectivity index (χ1v) is 11.1. The summed E-state index contributed by atoms with van der Waals surface area (Å²) in [6.45, 7) is 9.26.